The lowest BCUT2D eigenvalue weighted by Crippen LogP contribution is -2.52. The minimum Gasteiger partial charge on any atom is -0.390 e. The van der Waals surface area contributed by atoms with E-state index in [0.717, 1.165) is 68.1 Å². The number of aliphatic hydroxyl groups is 2. The molecule has 5 aliphatic rings. The van der Waals surface area contributed by atoms with Gasteiger partial charge in [-0.15, -0.1) is 0 Å². The van der Waals surface area contributed by atoms with Crippen molar-refractivity contribution in [3.63, 3.8) is 0 Å². The van der Waals surface area contributed by atoms with Crippen molar-refractivity contribution in [2.45, 2.75) is 129 Å². The average Bonchev–Trinajstić information content (AvgIpc) is 3.08. The molecule has 0 aliphatic heterocycles. The van der Waals surface area contributed by atoms with E-state index in [0.29, 0.717) is 10.8 Å². The van der Waals surface area contributed by atoms with E-state index in [2.05, 4.69) is 33.8 Å². The zero-order valence-electron chi connectivity index (χ0n) is 20.8. The molecule has 5 aliphatic carbocycles. The Morgan fingerprint density at radius 3 is 2.42 bits per heavy atom. The predicted molar refractivity (Wildman–Crippen MR) is 128 cm³/mol. The van der Waals surface area contributed by atoms with Crippen LogP contribution in [0.25, 0.3) is 0 Å². The van der Waals surface area contributed by atoms with Crippen LogP contribution in [0.4, 0.5) is 0 Å². The van der Waals surface area contributed by atoms with Crippen molar-refractivity contribution in [3.8, 4) is 0 Å². The van der Waals surface area contributed by atoms with Gasteiger partial charge in [0.25, 0.3) is 0 Å². The molecule has 0 unspecified atom stereocenters. The van der Waals surface area contributed by atoms with Gasteiger partial charge in [0.2, 0.25) is 0 Å². The van der Waals surface area contributed by atoms with Crippen LogP contribution in [0.2, 0.25) is 0 Å². The Hall–Kier alpha value is -0.340. The molecule has 0 aromatic heterocycles. The predicted octanol–water partition coefficient (Wildman–Crippen LogP) is 7.04. The molecule has 0 spiro atoms. The van der Waals surface area contributed by atoms with Gasteiger partial charge in [-0.1, -0.05) is 39.3 Å². The van der Waals surface area contributed by atoms with Crippen molar-refractivity contribution < 1.29 is 10.2 Å². The largest absolute Gasteiger partial charge is 0.390 e. The third kappa shape index (κ3) is 3.49. The summed E-state index contributed by atoms with van der Waals surface area (Å²) in [5.74, 6) is 4.16. The lowest BCUT2D eigenvalue weighted by Gasteiger charge is -2.59. The van der Waals surface area contributed by atoms with Crippen molar-refractivity contribution in [2.75, 3.05) is 0 Å². The summed E-state index contributed by atoms with van der Waals surface area (Å²) in [6.07, 6.45) is 19.0. The molecule has 0 saturated heterocycles. The number of rotatable bonds is 5. The minimum absolute atomic E-state index is 0.314. The molecular formula is C29H48O2. The number of fused-ring (bicyclic) bond motifs is 5. The maximum Gasteiger partial charge on any atom is 0.0682 e. The van der Waals surface area contributed by atoms with Crippen LogP contribution in [-0.4, -0.2) is 21.4 Å². The summed E-state index contributed by atoms with van der Waals surface area (Å²) in [6, 6.07) is 0. The molecule has 0 radical (unpaired) electrons. The molecule has 0 amide bonds. The quantitative estimate of drug-likeness (QED) is 0.461. The van der Waals surface area contributed by atoms with E-state index >= 15 is 0 Å². The summed E-state index contributed by atoms with van der Waals surface area (Å²) in [5.41, 5.74) is 1.68. The first-order valence-electron chi connectivity index (χ1n) is 13.8. The van der Waals surface area contributed by atoms with Crippen LogP contribution in [0, 0.1) is 40.4 Å². The van der Waals surface area contributed by atoms with Crippen LogP contribution in [0.5, 0.6) is 0 Å². The van der Waals surface area contributed by atoms with Crippen LogP contribution in [0.15, 0.2) is 11.6 Å². The van der Waals surface area contributed by atoms with Crippen molar-refractivity contribution in [1.82, 2.24) is 0 Å². The Morgan fingerprint density at radius 2 is 1.74 bits per heavy atom. The summed E-state index contributed by atoms with van der Waals surface area (Å²) in [5, 5.41) is 21.6. The van der Waals surface area contributed by atoms with Crippen LogP contribution >= 0.6 is 0 Å². The van der Waals surface area contributed by atoms with E-state index < -0.39 is 5.60 Å². The molecule has 0 bridgehead atoms. The van der Waals surface area contributed by atoms with Crippen LogP contribution in [0.1, 0.15) is 118 Å². The lowest BCUT2D eigenvalue weighted by molar-refractivity contribution is -0.0785. The van der Waals surface area contributed by atoms with Gasteiger partial charge in [0.15, 0.2) is 0 Å². The smallest absolute Gasteiger partial charge is 0.0682 e. The summed E-state index contributed by atoms with van der Waals surface area (Å²) in [6.45, 7) is 9.87. The summed E-state index contributed by atoms with van der Waals surface area (Å²) in [7, 11) is 0. The van der Waals surface area contributed by atoms with Crippen LogP contribution in [0.3, 0.4) is 0 Å². The molecule has 8 atom stereocenters. The van der Waals surface area contributed by atoms with Crippen LogP contribution in [-0.2, 0) is 0 Å². The second-order valence-corrected chi connectivity index (χ2v) is 13.3. The molecular weight excluding hydrogens is 380 g/mol. The fourth-order valence-electron chi connectivity index (χ4n) is 9.52. The monoisotopic (exact) mass is 428 g/mol. The Bertz CT molecular complexity index is 722. The van der Waals surface area contributed by atoms with E-state index in [9.17, 15) is 10.2 Å². The molecule has 0 heterocycles. The normalized spacial score (nSPS) is 49.3. The van der Waals surface area contributed by atoms with Gasteiger partial charge in [0.05, 0.1) is 11.2 Å². The zero-order valence-corrected chi connectivity index (χ0v) is 20.8. The molecule has 0 aromatic carbocycles. The van der Waals surface area contributed by atoms with Gasteiger partial charge < -0.3 is 10.2 Å². The van der Waals surface area contributed by atoms with E-state index in [1.165, 1.54) is 51.4 Å². The SMILES string of the molecule is CC[C@]1(O)CC[C@@]2(C)C(=CC[C@H]3[C@@H]4CC[C@H]([C@H](C)CCC5(O)CCC5)[C@@]4(C)CC[C@@H]32)C1. The molecule has 2 N–H and O–H groups in total. The highest BCUT2D eigenvalue weighted by atomic mass is 16.3. The maximum atomic E-state index is 11.0. The fraction of sp³-hybridized carbons (Fsp3) is 0.931. The standard InChI is InChI=1S/C29H48O2/c1-5-28(30)18-17-26(3)21(19-28)7-8-22-24-10-9-23(27(24,4)15-12-25(22)26)20(2)11-16-29(31)13-6-14-29/h7,20,22-25,30-31H,5-6,8-19H2,1-4H3/t20-,22+,23-,24+,25+,26+,27-,28+/m1/s1. The van der Waals surface area contributed by atoms with Gasteiger partial charge in [-0.2, -0.15) is 0 Å². The van der Waals surface area contributed by atoms with Crippen molar-refractivity contribution >= 4 is 0 Å². The zero-order chi connectivity index (χ0) is 22.1. The number of allylic oxidation sites excluding steroid dienone is 1. The highest BCUT2D eigenvalue weighted by Crippen LogP contribution is 2.68. The van der Waals surface area contributed by atoms with Crippen molar-refractivity contribution in [1.29, 1.82) is 0 Å². The molecule has 5 rings (SSSR count). The van der Waals surface area contributed by atoms with Gasteiger partial charge >= 0.3 is 0 Å². The average molecular weight is 429 g/mol. The van der Waals surface area contributed by atoms with Gasteiger partial charge in [0.1, 0.15) is 0 Å². The van der Waals surface area contributed by atoms with Crippen molar-refractivity contribution in [3.05, 3.63) is 11.6 Å². The molecule has 2 nitrogen and oxygen atoms in total. The fourth-order valence-corrected chi connectivity index (χ4v) is 9.52. The van der Waals surface area contributed by atoms with E-state index in [4.69, 9.17) is 0 Å². The molecule has 0 aromatic rings. The second-order valence-electron chi connectivity index (χ2n) is 13.3. The van der Waals surface area contributed by atoms with Crippen molar-refractivity contribution in [2.24, 2.45) is 40.4 Å². The Kier molecular flexibility index (Phi) is 5.50. The first kappa shape index (κ1) is 22.5. The summed E-state index contributed by atoms with van der Waals surface area (Å²) >= 11 is 0. The molecule has 2 heteroatoms. The Balaban J connectivity index is 1.31. The van der Waals surface area contributed by atoms with Gasteiger partial charge in [-0.05, 0) is 130 Å². The van der Waals surface area contributed by atoms with E-state index in [1.54, 1.807) is 5.57 Å². The Labute approximate surface area is 191 Å². The van der Waals surface area contributed by atoms with E-state index in [-0.39, 0.29) is 5.60 Å². The lowest BCUT2D eigenvalue weighted by atomic mass is 9.46. The van der Waals surface area contributed by atoms with Gasteiger partial charge in [-0.3, -0.25) is 0 Å². The first-order valence-corrected chi connectivity index (χ1v) is 13.8. The third-order valence-electron chi connectivity index (χ3n) is 12.0. The highest BCUT2D eigenvalue weighted by molar-refractivity contribution is 5.27. The van der Waals surface area contributed by atoms with Crippen LogP contribution < -0.4 is 0 Å². The number of hydrogen-bond acceptors (Lipinski definition) is 2. The molecule has 4 fully saturated rings. The maximum absolute atomic E-state index is 11.0. The first-order chi connectivity index (χ1) is 14.6. The minimum atomic E-state index is -0.445. The molecule has 176 valence electrons. The van der Waals surface area contributed by atoms with Gasteiger partial charge in [0, 0.05) is 0 Å². The topological polar surface area (TPSA) is 40.5 Å². The van der Waals surface area contributed by atoms with E-state index in [1.807, 2.05) is 0 Å². The summed E-state index contributed by atoms with van der Waals surface area (Å²) < 4.78 is 0. The molecule has 4 saturated carbocycles. The Morgan fingerprint density at radius 1 is 0.968 bits per heavy atom. The summed E-state index contributed by atoms with van der Waals surface area (Å²) in [4.78, 5) is 0. The second kappa shape index (κ2) is 7.59. The van der Waals surface area contributed by atoms with Gasteiger partial charge in [-0.25, -0.2) is 0 Å². The molecule has 31 heavy (non-hydrogen) atoms. The third-order valence-corrected chi connectivity index (χ3v) is 12.0. The number of hydrogen-bond donors (Lipinski definition) is 2. The highest BCUT2D eigenvalue weighted by Gasteiger charge is 2.59.